The fraction of sp³-hybridized carbons (Fsp3) is 0.571. The minimum atomic E-state index is 0. The molecule has 0 aromatic heterocycles. The van der Waals surface area contributed by atoms with Crippen LogP contribution in [-0.4, -0.2) is 38.2 Å². The standard InChI is InChI=1S/C14H23BrN2O.ClH/c1-14(2,10-16)11-17(3)7-8-18-13-6-4-5-12(15)9-13;/h4-6,9H,7-8,10-11,16H2,1-3H3;1H. The summed E-state index contributed by atoms with van der Waals surface area (Å²) in [5, 5.41) is 0. The van der Waals surface area contributed by atoms with E-state index in [2.05, 4.69) is 41.7 Å². The lowest BCUT2D eigenvalue weighted by Crippen LogP contribution is -2.38. The number of nitrogens with zero attached hydrogens (tertiary/aromatic N) is 1. The molecule has 0 radical (unpaired) electrons. The number of ether oxygens (including phenoxy) is 1. The molecule has 0 aliphatic rings. The molecule has 0 saturated heterocycles. The molecule has 1 rings (SSSR count). The monoisotopic (exact) mass is 350 g/mol. The first kappa shape index (κ1) is 18.7. The number of benzene rings is 1. The van der Waals surface area contributed by atoms with Gasteiger partial charge in [0.2, 0.25) is 0 Å². The summed E-state index contributed by atoms with van der Waals surface area (Å²) in [5.41, 5.74) is 5.89. The zero-order chi connectivity index (χ0) is 13.6. The molecule has 1 aromatic carbocycles. The van der Waals surface area contributed by atoms with Crippen molar-refractivity contribution in [2.45, 2.75) is 13.8 Å². The van der Waals surface area contributed by atoms with Gasteiger partial charge >= 0.3 is 0 Å². The molecule has 1 aromatic rings. The van der Waals surface area contributed by atoms with Crippen molar-refractivity contribution >= 4 is 28.3 Å². The van der Waals surface area contributed by atoms with Gasteiger partial charge in [0.25, 0.3) is 0 Å². The van der Waals surface area contributed by atoms with Crippen molar-refractivity contribution in [3.8, 4) is 5.75 Å². The van der Waals surface area contributed by atoms with E-state index in [1.807, 2.05) is 24.3 Å². The summed E-state index contributed by atoms with van der Waals surface area (Å²) in [6.07, 6.45) is 0. The Kier molecular flexibility index (Phi) is 8.66. The number of hydrogen-bond donors (Lipinski definition) is 1. The van der Waals surface area contributed by atoms with Gasteiger partial charge in [-0.25, -0.2) is 0 Å². The fourth-order valence-electron chi connectivity index (χ4n) is 1.75. The summed E-state index contributed by atoms with van der Waals surface area (Å²) < 4.78 is 6.74. The number of nitrogens with two attached hydrogens (primary N) is 1. The van der Waals surface area contributed by atoms with Crippen LogP contribution in [-0.2, 0) is 0 Å². The normalized spacial score (nSPS) is 11.3. The van der Waals surface area contributed by atoms with Gasteiger partial charge in [0.15, 0.2) is 0 Å². The first-order valence-corrected chi connectivity index (χ1v) is 6.99. The lowest BCUT2D eigenvalue weighted by molar-refractivity contribution is 0.181. The maximum absolute atomic E-state index is 5.73. The first-order valence-electron chi connectivity index (χ1n) is 6.20. The summed E-state index contributed by atoms with van der Waals surface area (Å²) in [6.45, 7) is 7.62. The van der Waals surface area contributed by atoms with Crippen molar-refractivity contribution in [2.24, 2.45) is 11.1 Å². The second-order valence-electron chi connectivity index (χ2n) is 5.41. The summed E-state index contributed by atoms with van der Waals surface area (Å²) in [4.78, 5) is 2.25. The van der Waals surface area contributed by atoms with Gasteiger partial charge in [-0.15, -0.1) is 12.4 Å². The Bertz CT molecular complexity index is 374. The molecule has 0 aliphatic carbocycles. The highest BCUT2D eigenvalue weighted by molar-refractivity contribution is 9.10. The Balaban J connectivity index is 0.00000324. The second-order valence-corrected chi connectivity index (χ2v) is 6.33. The molecule has 0 unspecified atom stereocenters. The van der Waals surface area contributed by atoms with Crippen LogP contribution in [0.3, 0.4) is 0 Å². The minimum Gasteiger partial charge on any atom is -0.492 e. The van der Waals surface area contributed by atoms with E-state index in [0.717, 1.165) is 23.3 Å². The van der Waals surface area contributed by atoms with Gasteiger partial charge in [-0.2, -0.15) is 0 Å². The molecule has 0 fully saturated rings. The van der Waals surface area contributed by atoms with E-state index in [1.165, 1.54) is 0 Å². The molecule has 0 saturated carbocycles. The summed E-state index contributed by atoms with van der Waals surface area (Å²) in [6, 6.07) is 7.90. The van der Waals surface area contributed by atoms with Gasteiger partial charge < -0.3 is 15.4 Å². The smallest absolute Gasteiger partial charge is 0.120 e. The Morgan fingerprint density at radius 1 is 1.37 bits per heavy atom. The van der Waals surface area contributed by atoms with Crippen molar-refractivity contribution < 1.29 is 4.74 Å². The van der Waals surface area contributed by atoms with Gasteiger partial charge in [-0.3, -0.25) is 0 Å². The van der Waals surface area contributed by atoms with Crippen molar-refractivity contribution in [3.63, 3.8) is 0 Å². The van der Waals surface area contributed by atoms with E-state index < -0.39 is 0 Å². The van der Waals surface area contributed by atoms with E-state index in [-0.39, 0.29) is 17.8 Å². The van der Waals surface area contributed by atoms with Crippen LogP contribution >= 0.6 is 28.3 Å². The number of rotatable bonds is 7. The van der Waals surface area contributed by atoms with Crippen LogP contribution in [0.15, 0.2) is 28.7 Å². The Labute approximate surface area is 131 Å². The van der Waals surface area contributed by atoms with Crippen LogP contribution in [0.25, 0.3) is 0 Å². The van der Waals surface area contributed by atoms with E-state index in [9.17, 15) is 0 Å². The quantitative estimate of drug-likeness (QED) is 0.820. The minimum absolute atomic E-state index is 0. The van der Waals surface area contributed by atoms with Crippen molar-refractivity contribution in [2.75, 3.05) is 33.3 Å². The molecule has 110 valence electrons. The summed E-state index contributed by atoms with van der Waals surface area (Å²) >= 11 is 3.43. The maximum Gasteiger partial charge on any atom is 0.120 e. The Hall–Kier alpha value is -0.290. The van der Waals surface area contributed by atoms with Crippen LogP contribution in [0.2, 0.25) is 0 Å². The molecule has 2 N–H and O–H groups in total. The predicted octanol–water partition coefficient (Wildman–Crippen LogP) is 3.17. The van der Waals surface area contributed by atoms with E-state index in [0.29, 0.717) is 13.2 Å². The van der Waals surface area contributed by atoms with Gasteiger partial charge in [0.1, 0.15) is 12.4 Å². The molecular weight excluding hydrogens is 328 g/mol. The molecule has 0 amide bonds. The number of halogens is 2. The van der Waals surface area contributed by atoms with E-state index in [4.69, 9.17) is 10.5 Å². The topological polar surface area (TPSA) is 38.5 Å². The molecule has 0 spiro atoms. The van der Waals surface area contributed by atoms with Crippen LogP contribution in [0.5, 0.6) is 5.75 Å². The molecule has 0 aliphatic heterocycles. The molecule has 0 atom stereocenters. The van der Waals surface area contributed by atoms with Crippen molar-refractivity contribution in [3.05, 3.63) is 28.7 Å². The molecule has 3 nitrogen and oxygen atoms in total. The van der Waals surface area contributed by atoms with Crippen molar-refractivity contribution in [1.82, 2.24) is 4.90 Å². The third-order valence-electron chi connectivity index (χ3n) is 2.79. The largest absolute Gasteiger partial charge is 0.492 e. The lowest BCUT2D eigenvalue weighted by Gasteiger charge is -2.28. The highest BCUT2D eigenvalue weighted by atomic mass is 79.9. The molecule has 19 heavy (non-hydrogen) atoms. The summed E-state index contributed by atoms with van der Waals surface area (Å²) in [7, 11) is 2.10. The third kappa shape index (κ3) is 7.78. The Morgan fingerprint density at radius 3 is 2.63 bits per heavy atom. The number of hydrogen-bond acceptors (Lipinski definition) is 3. The summed E-state index contributed by atoms with van der Waals surface area (Å²) in [5.74, 6) is 0.899. The highest BCUT2D eigenvalue weighted by Gasteiger charge is 2.17. The maximum atomic E-state index is 5.73. The van der Waals surface area contributed by atoms with Crippen LogP contribution < -0.4 is 10.5 Å². The van der Waals surface area contributed by atoms with E-state index >= 15 is 0 Å². The van der Waals surface area contributed by atoms with Gasteiger partial charge in [-0.1, -0.05) is 35.8 Å². The van der Waals surface area contributed by atoms with Gasteiger partial charge in [0, 0.05) is 17.6 Å². The van der Waals surface area contributed by atoms with Crippen LogP contribution in [0.4, 0.5) is 0 Å². The predicted molar refractivity (Wildman–Crippen MR) is 87.2 cm³/mol. The third-order valence-corrected chi connectivity index (χ3v) is 3.28. The second kappa shape index (κ2) is 8.80. The SMILES string of the molecule is CN(CCOc1cccc(Br)c1)CC(C)(C)CN.Cl. The van der Waals surface area contributed by atoms with Crippen LogP contribution in [0.1, 0.15) is 13.8 Å². The average molecular weight is 352 g/mol. The van der Waals surface area contributed by atoms with Gasteiger partial charge in [-0.05, 0) is 37.2 Å². The van der Waals surface area contributed by atoms with Gasteiger partial charge in [0.05, 0.1) is 0 Å². The van der Waals surface area contributed by atoms with Crippen LogP contribution in [0, 0.1) is 5.41 Å². The molecule has 0 bridgehead atoms. The molecule has 0 heterocycles. The zero-order valence-electron chi connectivity index (χ0n) is 11.9. The van der Waals surface area contributed by atoms with E-state index in [1.54, 1.807) is 0 Å². The molecular formula is C14H24BrClN2O. The zero-order valence-corrected chi connectivity index (χ0v) is 14.3. The lowest BCUT2D eigenvalue weighted by atomic mass is 9.93. The first-order chi connectivity index (χ1) is 8.43. The fourth-order valence-corrected chi connectivity index (χ4v) is 2.13. The average Bonchev–Trinajstić information content (AvgIpc) is 2.28. The highest BCUT2D eigenvalue weighted by Crippen LogP contribution is 2.18. The van der Waals surface area contributed by atoms with Crippen molar-refractivity contribution in [1.29, 1.82) is 0 Å². The Morgan fingerprint density at radius 2 is 2.05 bits per heavy atom. The molecule has 5 heteroatoms. The number of likely N-dealkylation sites (N-methyl/N-ethyl adjacent to an activating group) is 1.